The van der Waals surface area contributed by atoms with Crippen LogP contribution in [0.15, 0.2) is 24.3 Å². The van der Waals surface area contributed by atoms with Crippen molar-refractivity contribution in [3.05, 3.63) is 35.4 Å². The lowest BCUT2D eigenvalue weighted by molar-refractivity contribution is -0.137. The van der Waals surface area contributed by atoms with Gasteiger partial charge >= 0.3 is 6.18 Å². The van der Waals surface area contributed by atoms with Gasteiger partial charge in [0, 0.05) is 0 Å². The highest BCUT2D eigenvalue weighted by molar-refractivity contribution is 9.10. The molecule has 2 atom stereocenters. The van der Waals surface area contributed by atoms with E-state index >= 15 is 0 Å². The first-order chi connectivity index (χ1) is 8.21. The number of carbonyl (C=O) groups excluding carboxylic acids is 1. The quantitative estimate of drug-likeness (QED) is 0.845. The number of rotatable bonds is 3. The lowest BCUT2D eigenvalue weighted by Gasteiger charge is -2.17. The van der Waals surface area contributed by atoms with Gasteiger partial charge in [-0.05, 0) is 31.5 Å². The minimum Gasteiger partial charge on any atom is -0.349 e. The van der Waals surface area contributed by atoms with Crippen LogP contribution in [-0.2, 0) is 11.0 Å². The molecular weight excluding hydrogens is 311 g/mol. The Labute approximate surface area is 112 Å². The zero-order valence-corrected chi connectivity index (χ0v) is 11.5. The first-order valence-corrected chi connectivity index (χ1v) is 6.25. The molecule has 2 nitrogen and oxygen atoms in total. The molecule has 0 spiro atoms. The summed E-state index contributed by atoms with van der Waals surface area (Å²) in [6.45, 7) is 3.29. The van der Waals surface area contributed by atoms with Crippen LogP contribution in [0.5, 0.6) is 0 Å². The fourth-order valence-corrected chi connectivity index (χ4v) is 1.53. The van der Waals surface area contributed by atoms with E-state index in [2.05, 4.69) is 21.2 Å². The Bertz CT molecular complexity index is 432. The maximum absolute atomic E-state index is 12.5. The number of benzene rings is 1. The normalized spacial score (nSPS) is 15.0. The van der Waals surface area contributed by atoms with Crippen LogP contribution in [0.1, 0.15) is 31.0 Å². The molecule has 1 amide bonds. The Morgan fingerprint density at radius 1 is 1.33 bits per heavy atom. The van der Waals surface area contributed by atoms with E-state index in [9.17, 15) is 18.0 Å². The molecule has 100 valence electrons. The topological polar surface area (TPSA) is 29.1 Å². The monoisotopic (exact) mass is 323 g/mol. The van der Waals surface area contributed by atoms with Crippen LogP contribution in [0, 0.1) is 0 Å². The summed E-state index contributed by atoms with van der Waals surface area (Å²) >= 11 is 3.09. The highest BCUT2D eigenvalue weighted by Crippen LogP contribution is 2.30. The Morgan fingerprint density at radius 2 is 1.94 bits per heavy atom. The van der Waals surface area contributed by atoms with Gasteiger partial charge in [0.1, 0.15) is 0 Å². The van der Waals surface area contributed by atoms with Gasteiger partial charge < -0.3 is 5.32 Å². The molecule has 1 rings (SSSR count). The molecule has 2 unspecified atom stereocenters. The second kappa shape index (κ2) is 5.73. The second-order valence-corrected chi connectivity index (χ2v) is 5.34. The smallest absolute Gasteiger partial charge is 0.349 e. The third kappa shape index (κ3) is 4.01. The zero-order chi connectivity index (χ0) is 13.9. The second-order valence-electron chi connectivity index (χ2n) is 3.97. The number of hydrogen-bond donors (Lipinski definition) is 1. The van der Waals surface area contributed by atoms with Crippen LogP contribution in [0.4, 0.5) is 13.2 Å². The summed E-state index contributed by atoms with van der Waals surface area (Å²) in [4.78, 5) is 11.0. The average molecular weight is 324 g/mol. The molecule has 0 radical (unpaired) electrons. The first kappa shape index (κ1) is 15.0. The van der Waals surface area contributed by atoms with E-state index in [-0.39, 0.29) is 10.7 Å². The van der Waals surface area contributed by atoms with Gasteiger partial charge in [0.2, 0.25) is 5.91 Å². The Morgan fingerprint density at radius 3 is 2.44 bits per heavy atom. The predicted molar refractivity (Wildman–Crippen MR) is 66.4 cm³/mol. The molecule has 1 aromatic rings. The van der Waals surface area contributed by atoms with Crippen molar-refractivity contribution in [3.63, 3.8) is 0 Å². The fourth-order valence-electron chi connectivity index (χ4n) is 1.40. The summed E-state index contributed by atoms with van der Waals surface area (Å²) in [5.41, 5.74) is -0.292. The van der Waals surface area contributed by atoms with Crippen LogP contribution in [-0.4, -0.2) is 10.7 Å². The number of carbonyl (C=O) groups is 1. The molecule has 0 aliphatic rings. The molecule has 0 saturated carbocycles. The summed E-state index contributed by atoms with van der Waals surface area (Å²) in [5.74, 6) is -0.264. The van der Waals surface area contributed by atoms with Crippen molar-refractivity contribution in [1.29, 1.82) is 0 Å². The number of amides is 1. The third-order valence-electron chi connectivity index (χ3n) is 2.43. The van der Waals surface area contributed by atoms with E-state index in [4.69, 9.17) is 0 Å². The molecule has 0 bridgehead atoms. The van der Waals surface area contributed by atoms with E-state index < -0.39 is 17.8 Å². The van der Waals surface area contributed by atoms with Crippen LogP contribution < -0.4 is 5.32 Å². The van der Waals surface area contributed by atoms with E-state index in [1.807, 2.05) is 0 Å². The van der Waals surface area contributed by atoms with Gasteiger partial charge in [-0.3, -0.25) is 4.79 Å². The van der Waals surface area contributed by atoms with Crippen LogP contribution in [0.3, 0.4) is 0 Å². The van der Waals surface area contributed by atoms with Gasteiger partial charge in [-0.2, -0.15) is 13.2 Å². The predicted octanol–water partition coefficient (Wildman–Crippen LogP) is 3.67. The number of hydrogen-bond acceptors (Lipinski definition) is 1. The van der Waals surface area contributed by atoms with Crippen molar-refractivity contribution in [1.82, 2.24) is 5.32 Å². The SMILES string of the molecule is CC(Br)C(=O)NC(C)c1cccc(C(F)(F)F)c1. The minimum atomic E-state index is -4.37. The molecule has 0 aliphatic heterocycles. The third-order valence-corrected chi connectivity index (χ3v) is 2.85. The van der Waals surface area contributed by atoms with Crippen molar-refractivity contribution in [2.75, 3.05) is 0 Å². The van der Waals surface area contributed by atoms with Gasteiger partial charge in [-0.25, -0.2) is 0 Å². The number of nitrogens with one attached hydrogen (secondary N) is 1. The van der Waals surface area contributed by atoms with E-state index in [1.165, 1.54) is 6.07 Å². The van der Waals surface area contributed by atoms with Crippen molar-refractivity contribution < 1.29 is 18.0 Å². The molecule has 0 aliphatic carbocycles. The van der Waals surface area contributed by atoms with Crippen molar-refractivity contribution in [2.45, 2.75) is 30.9 Å². The maximum atomic E-state index is 12.5. The molecule has 6 heteroatoms. The highest BCUT2D eigenvalue weighted by atomic mass is 79.9. The summed E-state index contributed by atoms with van der Waals surface area (Å²) in [5, 5.41) is 2.62. The minimum absolute atomic E-state index is 0.264. The average Bonchev–Trinajstić information content (AvgIpc) is 2.27. The van der Waals surface area contributed by atoms with E-state index in [0.29, 0.717) is 5.56 Å². The lowest BCUT2D eigenvalue weighted by Crippen LogP contribution is -2.31. The van der Waals surface area contributed by atoms with Crippen LogP contribution >= 0.6 is 15.9 Å². The number of halogens is 4. The summed E-state index contributed by atoms with van der Waals surface area (Å²) in [7, 11) is 0. The molecular formula is C12H13BrF3NO. The van der Waals surface area contributed by atoms with Crippen molar-refractivity contribution >= 4 is 21.8 Å². The van der Waals surface area contributed by atoms with Crippen LogP contribution in [0.2, 0.25) is 0 Å². The van der Waals surface area contributed by atoms with Gasteiger partial charge in [-0.1, -0.05) is 28.1 Å². The Kier molecular flexibility index (Phi) is 4.78. The Hall–Kier alpha value is -1.04. The summed E-state index contributed by atoms with van der Waals surface area (Å²) in [6, 6.07) is 4.46. The molecule has 1 N–H and O–H groups in total. The first-order valence-electron chi connectivity index (χ1n) is 5.33. The van der Waals surface area contributed by atoms with Crippen LogP contribution in [0.25, 0.3) is 0 Å². The summed E-state index contributed by atoms with van der Waals surface area (Å²) in [6.07, 6.45) is -4.37. The van der Waals surface area contributed by atoms with Crippen molar-refractivity contribution in [2.24, 2.45) is 0 Å². The molecule has 0 aromatic heterocycles. The standard InChI is InChI=1S/C12H13BrF3NO/c1-7(13)11(18)17-8(2)9-4-3-5-10(6-9)12(14,15)16/h3-8H,1-2H3,(H,17,18). The van der Waals surface area contributed by atoms with Gasteiger partial charge in [0.15, 0.2) is 0 Å². The molecule has 0 heterocycles. The lowest BCUT2D eigenvalue weighted by atomic mass is 10.0. The van der Waals surface area contributed by atoms with Gasteiger partial charge in [0.05, 0.1) is 16.4 Å². The van der Waals surface area contributed by atoms with E-state index in [1.54, 1.807) is 19.9 Å². The highest BCUT2D eigenvalue weighted by Gasteiger charge is 2.30. The molecule has 0 fully saturated rings. The zero-order valence-electron chi connectivity index (χ0n) is 9.88. The molecule has 18 heavy (non-hydrogen) atoms. The van der Waals surface area contributed by atoms with Gasteiger partial charge in [0.25, 0.3) is 0 Å². The largest absolute Gasteiger partial charge is 0.416 e. The van der Waals surface area contributed by atoms with E-state index in [0.717, 1.165) is 12.1 Å². The summed E-state index contributed by atoms with van der Waals surface area (Å²) < 4.78 is 37.6. The number of alkyl halides is 4. The molecule has 0 saturated heterocycles. The fraction of sp³-hybridized carbons (Fsp3) is 0.417. The van der Waals surface area contributed by atoms with Crippen molar-refractivity contribution in [3.8, 4) is 0 Å². The Balaban J connectivity index is 2.87. The maximum Gasteiger partial charge on any atom is 0.416 e. The molecule has 1 aromatic carbocycles. The van der Waals surface area contributed by atoms with Gasteiger partial charge in [-0.15, -0.1) is 0 Å².